The molecule has 1 saturated heterocycles. The van der Waals surface area contributed by atoms with Gasteiger partial charge in [0.2, 0.25) is 0 Å². The van der Waals surface area contributed by atoms with Crippen LogP contribution in [0.15, 0.2) is 48.5 Å². The summed E-state index contributed by atoms with van der Waals surface area (Å²) in [5.41, 5.74) is 1.74. The van der Waals surface area contributed by atoms with Crippen LogP contribution in [0.4, 0.5) is 5.69 Å². The van der Waals surface area contributed by atoms with Crippen molar-refractivity contribution in [1.82, 2.24) is 5.32 Å². The Hall–Kier alpha value is -2.69. The van der Waals surface area contributed by atoms with Crippen molar-refractivity contribution in [2.45, 2.75) is 6.42 Å². The lowest BCUT2D eigenvalue weighted by atomic mass is 10.1. The molecule has 3 rings (SSSR count). The second-order valence-electron chi connectivity index (χ2n) is 6.21. The molecule has 0 radical (unpaired) electrons. The number of methoxy groups -OCH3 is 2. The Kier molecular flexibility index (Phi) is 5.43. The topological polar surface area (TPSA) is 50.8 Å². The number of para-hydroxylation sites is 1. The van der Waals surface area contributed by atoms with E-state index in [1.54, 1.807) is 26.4 Å². The van der Waals surface area contributed by atoms with E-state index in [9.17, 15) is 4.79 Å². The summed E-state index contributed by atoms with van der Waals surface area (Å²) in [5, 5.41) is 3.04. The van der Waals surface area contributed by atoms with Crippen molar-refractivity contribution in [2.75, 3.05) is 38.8 Å². The molecule has 1 N–H and O–H groups in total. The molecule has 0 bridgehead atoms. The second kappa shape index (κ2) is 7.92. The lowest BCUT2D eigenvalue weighted by Crippen LogP contribution is -2.31. The zero-order valence-electron chi connectivity index (χ0n) is 14.7. The molecule has 25 heavy (non-hydrogen) atoms. The minimum Gasteiger partial charge on any atom is -0.497 e. The van der Waals surface area contributed by atoms with Crippen molar-refractivity contribution in [2.24, 2.45) is 5.92 Å². The van der Waals surface area contributed by atoms with Crippen molar-refractivity contribution < 1.29 is 14.3 Å². The third-order valence-electron chi connectivity index (χ3n) is 4.61. The van der Waals surface area contributed by atoms with E-state index in [1.807, 2.05) is 24.3 Å². The molecule has 2 aromatic carbocycles. The highest BCUT2D eigenvalue weighted by Crippen LogP contribution is 2.26. The molecule has 1 amide bonds. The number of rotatable bonds is 6. The first-order chi connectivity index (χ1) is 12.2. The van der Waals surface area contributed by atoms with Crippen molar-refractivity contribution in [3.8, 4) is 11.5 Å². The first kappa shape index (κ1) is 17.1. The van der Waals surface area contributed by atoms with Gasteiger partial charge in [0.1, 0.15) is 11.5 Å². The summed E-state index contributed by atoms with van der Waals surface area (Å²) >= 11 is 0. The first-order valence-corrected chi connectivity index (χ1v) is 8.51. The molecular formula is C20H24N2O3. The van der Waals surface area contributed by atoms with Crippen LogP contribution in [0.3, 0.4) is 0 Å². The van der Waals surface area contributed by atoms with Gasteiger partial charge in [0.05, 0.1) is 19.8 Å². The molecule has 1 atom stereocenters. The van der Waals surface area contributed by atoms with E-state index in [1.165, 1.54) is 0 Å². The predicted octanol–water partition coefficient (Wildman–Crippen LogP) is 2.96. The van der Waals surface area contributed by atoms with Crippen LogP contribution in [0.25, 0.3) is 0 Å². The SMILES string of the molecule is COc1cccc(N2CCC(CNC(=O)c3ccccc3OC)C2)c1. The highest BCUT2D eigenvalue weighted by Gasteiger charge is 2.24. The molecule has 0 aliphatic carbocycles. The van der Waals surface area contributed by atoms with Crippen molar-refractivity contribution in [3.05, 3.63) is 54.1 Å². The van der Waals surface area contributed by atoms with E-state index < -0.39 is 0 Å². The smallest absolute Gasteiger partial charge is 0.255 e. The van der Waals surface area contributed by atoms with E-state index in [4.69, 9.17) is 9.47 Å². The monoisotopic (exact) mass is 340 g/mol. The van der Waals surface area contributed by atoms with Gasteiger partial charge in [-0.3, -0.25) is 4.79 Å². The summed E-state index contributed by atoms with van der Waals surface area (Å²) in [7, 11) is 3.26. The van der Waals surface area contributed by atoms with Gasteiger partial charge in [-0.05, 0) is 36.6 Å². The molecule has 1 aliphatic rings. The maximum Gasteiger partial charge on any atom is 0.255 e. The Morgan fingerprint density at radius 2 is 2.00 bits per heavy atom. The molecule has 1 aliphatic heterocycles. The molecule has 0 aromatic heterocycles. The van der Waals surface area contributed by atoms with Crippen LogP contribution in [0, 0.1) is 5.92 Å². The highest BCUT2D eigenvalue weighted by atomic mass is 16.5. The van der Waals surface area contributed by atoms with E-state index in [-0.39, 0.29) is 5.91 Å². The van der Waals surface area contributed by atoms with Crippen molar-refractivity contribution >= 4 is 11.6 Å². The number of amides is 1. The zero-order valence-corrected chi connectivity index (χ0v) is 14.7. The van der Waals surface area contributed by atoms with Gasteiger partial charge in [0.25, 0.3) is 5.91 Å². The van der Waals surface area contributed by atoms with Gasteiger partial charge >= 0.3 is 0 Å². The predicted molar refractivity (Wildman–Crippen MR) is 98.6 cm³/mol. The van der Waals surface area contributed by atoms with E-state index in [2.05, 4.69) is 22.3 Å². The third-order valence-corrected chi connectivity index (χ3v) is 4.61. The normalized spacial score (nSPS) is 16.6. The summed E-state index contributed by atoms with van der Waals surface area (Å²) in [6.07, 6.45) is 1.06. The van der Waals surface area contributed by atoms with Gasteiger partial charge in [-0.1, -0.05) is 18.2 Å². The van der Waals surface area contributed by atoms with Gasteiger partial charge in [-0.2, -0.15) is 0 Å². The van der Waals surface area contributed by atoms with Crippen LogP contribution >= 0.6 is 0 Å². The summed E-state index contributed by atoms with van der Waals surface area (Å²) in [6, 6.07) is 15.4. The summed E-state index contributed by atoms with van der Waals surface area (Å²) < 4.78 is 10.5. The van der Waals surface area contributed by atoms with Crippen LogP contribution in [0.1, 0.15) is 16.8 Å². The number of anilines is 1. The Morgan fingerprint density at radius 1 is 1.16 bits per heavy atom. The maximum absolute atomic E-state index is 12.4. The fourth-order valence-corrected chi connectivity index (χ4v) is 3.21. The lowest BCUT2D eigenvalue weighted by Gasteiger charge is -2.19. The van der Waals surface area contributed by atoms with Crippen LogP contribution in [0.2, 0.25) is 0 Å². The molecular weight excluding hydrogens is 316 g/mol. The van der Waals surface area contributed by atoms with Gasteiger partial charge in [-0.25, -0.2) is 0 Å². The maximum atomic E-state index is 12.4. The molecule has 0 spiro atoms. The van der Waals surface area contributed by atoms with Gasteiger partial charge in [0.15, 0.2) is 0 Å². The van der Waals surface area contributed by atoms with Crippen LogP contribution in [0.5, 0.6) is 11.5 Å². The fraction of sp³-hybridized carbons (Fsp3) is 0.350. The van der Waals surface area contributed by atoms with Gasteiger partial charge in [0, 0.05) is 31.4 Å². The summed E-state index contributed by atoms with van der Waals surface area (Å²) in [6.45, 7) is 2.58. The number of nitrogens with one attached hydrogen (secondary N) is 1. The summed E-state index contributed by atoms with van der Waals surface area (Å²) in [5.74, 6) is 1.82. The summed E-state index contributed by atoms with van der Waals surface area (Å²) in [4.78, 5) is 14.7. The van der Waals surface area contributed by atoms with Gasteiger partial charge in [-0.15, -0.1) is 0 Å². The fourth-order valence-electron chi connectivity index (χ4n) is 3.21. The Morgan fingerprint density at radius 3 is 2.80 bits per heavy atom. The largest absolute Gasteiger partial charge is 0.497 e. The zero-order chi connectivity index (χ0) is 17.6. The minimum absolute atomic E-state index is 0.0859. The lowest BCUT2D eigenvalue weighted by molar-refractivity contribution is 0.0945. The molecule has 0 saturated carbocycles. The van der Waals surface area contributed by atoms with Crippen LogP contribution in [-0.4, -0.2) is 39.8 Å². The number of benzene rings is 2. The third kappa shape index (κ3) is 4.05. The molecule has 132 valence electrons. The highest BCUT2D eigenvalue weighted by molar-refractivity contribution is 5.96. The van der Waals surface area contributed by atoms with E-state index in [0.29, 0.717) is 23.8 Å². The van der Waals surface area contributed by atoms with Crippen molar-refractivity contribution in [3.63, 3.8) is 0 Å². The standard InChI is InChI=1S/C20H24N2O3/c1-24-17-7-5-6-16(12-17)22-11-10-15(14-22)13-21-20(23)18-8-3-4-9-19(18)25-2/h3-9,12,15H,10-11,13-14H2,1-2H3,(H,21,23). The van der Waals surface area contributed by atoms with E-state index >= 15 is 0 Å². The quantitative estimate of drug-likeness (QED) is 0.878. The average molecular weight is 340 g/mol. The molecule has 1 fully saturated rings. The molecule has 5 heteroatoms. The second-order valence-corrected chi connectivity index (χ2v) is 6.21. The number of nitrogens with zero attached hydrogens (tertiary/aromatic N) is 1. The van der Waals surface area contributed by atoms with Crippen LogP contribution in [-0.2, 0) is 0 Å². The Bertz CT molecular complexity index is 732. The molecule has 2 aromatic rings. The number of carbonyl (C=O) groups is 1. The molecule has 1 unspecified atom stereocenters. The Labute approximate surface area is 148 Å². The number of carbonyl (C=O) groups excluding carboxylic acids is 1. The van der Waals surface area contributed by atoms with E-state index in [0.717, 1.165) is 30.9 Å². The molecule has 1 heterocycles. The van der Waals surface area contributed by atoms with Gasteiger partial charge < -0.3 is 19.7 Å². The van der Waals surface area contributed by atoms with Crippen LogP contribution < -0.4 is 19.7 Å². The van der Waals surface area contributed by atoms with Crippen molar-refractivity contribution in [1.29, 1.82) is 0 Å². The average Bonchev–Trinajstić information content (AvgIpc) is 3.15. The Balaban J connectivity index is 1.55. The first-order valence-electron chi connectivity index (χ1n) is 8.51. The number of hydrogen-bond donors (Lipinski definition) is 1. The number of hydrogen-bond acceptors (Lipinski definition) is 4. The molecule has 5 nitrogen and oxygen atoms in total. The number of ether oxygens (including phenoxy) is 2. The minimum atomic E-state index is -0.0859.